The van der Waals surface area contributed by atoms with Crippen molar-refractivity contribution in [3.05, 3.63) is 40.5 Å². The molecule has 0 saturated heterocycles. The van der Waals surface area contributed by atoms with Crippen molar-refractivity contribution >= 4 is 28.6 Å². The van der Waals surface area contributed by atoms with Gasteiger partial charge in [-0.1, -0.05) is 6.08 Å². The van der Waals surface area contributed by atoms with Crippen LogP contribution >= 0.6 is 22.6 Å². The molecule has 1 rings (SSSR count). The van der Waals surface area contributed by atoms with Gasteiger partial charge in [0.15, 0.2) is 5.75 Å². The Morgan fingerprint density at radius 1 is 1.43 bits per heavy atom. The third-order valence-electron chi connectivity index (χ3n) is 1.36. The van der Waals surface area contributed by atoms with E-state index in [1.54, 1.807) is 12.1 Å². The van der Waals surface area contributed by atoms with Crippen molar-refractivity contribution in [3.63, 3.8) is 0 Å². The molecule has 0 aliphatic heterocycles. The normalized spacial score (nSPS) is 9.21. The first kappa shape index (κ1) is 11.0. The maximum atomic E-state index is 10.9. The molecule has 0 aliphatic rings. The highest BCUT2D eigenvalue weighted by Crippen LogP contribution is 2.13. The fraction of sp³-hybridized carbons (Fsp3) is 0.100. The molecular weight excluding hydrogens is 295 g/mol. The van der Waals surface area contributed by atoms with Gasteiger partial charge in [-0.15, -0.1) is 6.58 Å². The average molecular weight is 304 g/mol. The van der Waals surface area contributed by atoms with Crippen molar-refractivity contribution in [3.8, 4) is 5.75 Å². The molecule has 0 amide bonds. The van der Waals surface area contributed by atoms with Gasteiger partial charge < -0.3 is 0 Å². The number of hydrogen-bond donors (Lipinski definition) is 0. The lowest BCUT2D eigenvalue weighted by Gasteiger charge is -2.02. The van der Waals surface area contributed by atoms with Crippen LogP contribution < -0.4 is 4.89 Å². The minimum Gasteiger partial charge on any atom is -0.287 e. The lowest BCUT2D eigenvalue weighted by atomic mass is 10.3. The van der Waals surface area contributed by atoms with E-state index in [2.05, 4.69) is 34.1 Å². The highest BCUT2D eigenvalue weighted by molar-refractivity contribution is 14.1. The molecule has 0 N–H and O–H groups in total. The Balaban J connectivity index is 2.41. The first-order valence-corrected chi connectivity index (χ1v) is 5.04. The topological polar surface area (TPSA) is 35.5 Å². The molecule has 4 heteroatoms. The van der Waals surface area contributed by atoms with E-state index >= 15 is 0 Å². The second kappa shape index (κ2) is 5.64. The van der Waals surface area contributed by atoms with Gasteiger partial charge in [-0.05, 0) is 46.9 Å². The Labute approximate surface area is 95.8 Å². The number of carbonyl (C=O) groups is 1. The highest BCUT2D eigenvalue weighted by Gasteiger charge is 2.01. The fourth-order valence-corrected chi connectivity index (χ4v) is 1.10. The van der Waals surface area contributed by atoms with Crippen LogP contribution in [0.15, 0.2) is 36.9 Å². The highest BCUT2D eigenvalue weighted by atomic mass is 127. The molecule has 74 valence electrons. The fourth-order valence-electron chi connectivity index (χ4n) is 0.737. The van der Waals surface area contributed by atoms with Gasteiger partial charge in [0.05, 0.1) is 6.42 Å². The molecule has 0 heterocycles. The van der Waals surface area contributed by atoms with Crippen LogP contribution in [-0.4, -0.2) is 5.97 Å². The largest absolute Gasteiger partial charge is 0.359 e. The maximum absolute atomic E-state index is 10.9. The van der Waals surface area contributed by atoms with Crippen molar-refractivity contribution in [1.29, 1.82) is 0 Å². The first-order chi connectivity index (χ1) is 6.72. The van der Waals surface area contributed by atoms with Crippen molar-refractivity contribution in [2.24, 2.45) is 0 Å². The molecule has 0 spiro atoms. The summed E-state index contributed by atoms with van der Waals surface area (Å²) in [5.41, 5.74) is 0. The summed E-state index contributed by atoms with van der Waals surface area (Å²) in [4.78, 5) is 20.1. The molecule has 0 aliphatic carbocycles. The number of hydrogen-bond acceptors (Lipinski definition) is 3. The molecule has 1 aromatic carbocycles. The minimum atomic E-state index is -0.460. The van der Waals surface area contributed by atoms with Gasteiger partial charge in [0, 0.05) is 3.57 Å². The minimum absolute atomic E-state index is 0.143. The Bertz CT molecular complexity index is 319. The van der Waals surface area contributed by atoms with Crippen molar-refractivity contribution < 1.29 is 14.6 Å². The molecule has 0 saturated carbocycles. The number of rotatable bonds is 4. The van der Waals surface area contributed by atoms with Crippen LogP contribution in [0.1, 0.15) is 6.42 Å². The van der Waals surface area contributed by atoms with Gasteiger partial charge in [0.25, 0.3) is 0 Å². The van der Waals surface area contributed by atoms with Crippen LogP contribution in [0.25, 0.3) is 0 Å². The third-order valence-corrected chi connectivity index (χ3v) is 2.07. The average Bonchev–Trinajstić information content (AvgIpc) is 2.17. The van der Waals surface area contributed by atoms with E-state index in [4.69, 9.17) is 4.89 Å². The number of carbonyl (C=O) groups excluding carboxylic acids is 1. The molecule has 0 fully saturated rings. The van der Waals surface area contributed by atoms with E-state index in [0.717, 1.165) is 3.57 Å². The van der Waals surface area contributed by atoms with Gasteiger partial charge in [0.2, 0.25) is 0 Å². The third kappa shape index (κ3) is 3.78. The van der Waals surface area contributed by atoms with Crippen LogP contribution in [-0.2, 0) is 9.68 Å². The zero-order valence-corrected chi connectivity index (χ0v) is 9.56. The Hall–Kier alpha value is -1.04. The van der Waals surface area contributed by atoms with Crippen LogP contribution in [0.5, 0.6) is 5.75 Å². The molecule has 0 atom stereocenters. The number of halogens is 1. The Morgan fingerprint density at radius 2 is 2.07 bits per heavy atom. The van der Waals surface area contributed by atoms with Gasteiger partial charge in [-0.2, -0.15) is 0 Å². The van der Waals surface area contributed by atoms with Crippen molar-refractivity contribution in [2.45, 2.75) is 6.42 Å². The molecule has 0 bridgehead atoms. The summed E-state index contributed by atoms with van der Waals surface area (Å²) in [6.45, 7) is 3.41. The second-order valence-corrected chi connectivity index (χ2v) is 3.73. The summed E-state index contributed by atoms with van der Waals surface area (Å²) in [6.07, 6.45) is 1.60. The van der Waals surface area contributed by atoms with E-state index in [0.29, 0.717) is 5.75 Å². The van der Waals surface area contributed by atoms with Gasteiger partial charge in [-0.25, -0.2) is 4.79 Å². The van der Waals surface area contributed by atoms with Crippen LogP contribution in [0, 0.1) is 3.57 Å². The van der Waals surface area contributed by atoms with E-state index in [1.165, 1.54) is 6.08 Å². The second-order valence-electron chi connectivity index (χ2n) is 2.49. The quantitative estimate of drug-likeness (QED) is 0.371. The summed E-state index contributed by atoms with van der Waals surface area (Å²) in [5, 5.41) is 0. The van der Waals surface area contributed by atoms with E-state index < -0.39 is 5.97 Å². The summed E-state index contributed by atoms with van der Waals surface area (Å²) in [7, 11) is 0. The molecule has 0 unspecified atom stereocenters. The van der Waals surface area contributed by atoms with Gasteiger partial charge in [0.1, 0.15) is 0 Å². The standard InChI is InChI=1S/C10H9IO3/c1-2-3-10(12)14-13-9-6-4-8(11)5-7-9/h2,4-7H,1,3H2. The number of benzene rings is 1. The lowest BCUT2D eigenvalue weighted by molar-refractivity contribution is -0.212. The summed E-state index contributed by atoms with van der Waals surface area (Å²) >= 11 is 2.18. The lowest BCUT2D eigenvalue weighted by Crippen LogP contribution is -2.06. The van der Waals surface area contributed by atoms with Crippen molar-refractivity contribution in [1.82, 2.24) is 0 Å². The Kier molecular flexibility index (Phi) is 4.45. The van der Waals surface area contributed by atoms with Gasteiger partial charge in [-0.3, -0.25) is 9.78 Å². The molecule has 3 nitrogen and oxygen atoms in total. The van der Waals surface area contributed by atoms with E-state index in [9.17, 15) is 4.79 Å². The SMILES string of the molecule is C=CCC(=O)OOc1ccc(I)cc1. The molecule has 1 aromatic rings. The van der Waals surface area contributed by atoms with Crippen LogP contribution in [0.2, 0.25) is 0 Å². The van der Waals surface area contributed by atoms with E-state index in [-0.39, 0.29) is 6.42 Å². The Morgan fingerprint density at radius 3 is 2.64 bits per heavy atom. The first-order valence-electron chi connectivity index (χ1n) is 3.96. The monoisotopic (exact) mass is 304 g/mol. The predicted octanol–water partition coefficient (Wildman–Crippen LogP) is 2.70. The van der Waals surface area contributed by atoms with Crippen molar-refractivity contribution in [2.75, 3.05) is 0 Å². The summed E-state index contributed by atoms with van der Waals surface area (Å²) in [6, 6.07) is 7.17. The molecule has 0 aromatic heterocycles. The predicted molar refractivity (Wildman–Crippen MR) is 60.7 cm³/mol. The molecule has 0 radical (unpaired) electrons. The molecular formula is C10H9IO3. The van der Waals surface area contributed by atoms with Gasteiger partial charge >= 0.3 is 5.97 Å². The zero-order chi connectivity index (χ0) is 10.4. The maximum Gasteiger partial charge on any atom is 0.359 e. The summed E-state index contributed by atoms with van der Waals surface area (Å²) in [5.74, 6) is 0.0429. The van der Waals surface area contributed by atoms with Crippen LogP contribution in [0.3, 0.4) is 0 Å². The summed E-state index contributed by atoms with van der Waals surface area (Å²) < 4.78 is 1.09. The smallest absolute Gasteiger partial charge is 0.287 e. The molecule has 14 heavy (non-hydrogen) atoms. The zero-order valence-electron chi connectivity index (χ0n) is 7.40. The van der Waals surface area contributed by atoms with E-state index in [1.807, 2.05) is 12.1 Å². The van der Waals surface area contributed by atoms with Crippen LogP contribution in [0.4, 0.5) is 0 Å².